The molecule has 116 valence electrons. The molecule has 0 aromatic heterocycles. The van der Waals surface area contributed by atoms with Crippen LogP contribution in [0.5, 0.6) is 0 Å². The lowest BCUT2D eigenvalue weighted by molar-refractivity contribution is -0.140. The first-order valence-electron chi connectivity index (χ1n) is 7.28. The number of amides is 2. The number of para-hydroxylation sites is 1. The summed E-state index contributed by atoms with van der Waals surface area (Å²) in [7, 11) is 0. The van der Waals surface area contributed by atoms with Gasteiger partial charge in [0.05, 0.1) is 0 Å². The van der Waals surface area contributed by atoms with Crippen LogP contribution in [0, 0.1) is 12.8 Å². The molecule has 0 radical (unpaired) electrons. The molecule has 0 saturated carbocycles. The number of nitrogens with one attached hydrogen (secondary N) is 1. The minimum absolute atomic E-state index is 0.123. The lowest BCUT2D eigenvalue weighted by atomic mass is 9.99. The lowest BCUT2D eigenvalue weighted by Crippen LogP contribution is -2.50. The number of carboxylic acid groups (broad SMARTS) is 1. The van der Waals surface area contributed by atoms with Crippen molar-refractivity contribution in [2.45, 2.75) is 40.2 Å². The minimum atomic E-state index is -1.00. The Labute approximate surface area is 126 Å². The van der Waals surface area contributed by atoms with Crippen molar-refractivity contribution in [2.24, 2.45) is 5.92 Å². The number of carbonyl (C=O) groups is 2. The van der Waals surface area contributed by atoms with Gasteiger partial charge < -0.3 is 10.4 Å². The molecule has 2 amide bonds. The van der Waals surface area contributed by atoms with E-state index in [0.29, 0.717) is 13.0 Å². The predicted octanol–water partition coefficient (Wildman–Crippen LogP) is 3.03. The lowest BCUT2D eigenvalue weighted by Gasteiger charge is -2.27. The molecule has 1 aromatic rings. The summed E-state index contributed by atoms with van der Waals surface area (Å²) in [4.78, 5) is 25.3. The Balaban J connectivity index is 2.94. The zero-order chi connectivity index (χ0) is 16.0. The van der Waals surface area contributed by atoms with Crippen molar-refractivity contribution in [2.75, 3.05) is 11.4 Å². The molecular formula is C16H24N2O3. The van der Waals surface area contributed by atoms with Crippen LogP contribution in [-0.2, 0) is 4.79 Å². The SMILES string of the molecule is CC[C@H](C)[C@H](NC(=O)N(CC)c1ccccc1C)C(=O)O. The molecule has 1 rings (SSSR count). The number of carbonyl (C=O) groups excluding carboxylic acids is 1. The Bertz CT molecular complexity index is 502. The predicted molar refractivity (Wildman–Crippen MR) is 83.6 cm³/mol. The summed E-state index contributed by atoms with van der Waals surface area (Å²) in [6.45, 7) is 8.00. The number of nitrogens with zero attached hydrogens (tertiary/aromatic N) is 1. The van der Waals surface area contributed by atoms with Crippen molar-refractivity contribution in [1.82, 2.24) is 5.32 Å². The molecule has 0 bridgehead atoms. The van der Waals surface area contributed by atoms with Crippen molar-refractivity contribution in [1.29, 1.82) is 0 Å². The topological polar surface area (TPSA) is 69.6 Å². The van der Waals surface area contributed by atoms with Gasteiger partial charge in [0, 0.05) is 12.2 Å². The number of benzene rings is 1. The quantitative estimate of drug-likeness (QED) is 0.846. The van der Waals surface area contributed by atoms with Crippen molar-refractivity contribution in [3.05, 3.63) is 29.8 Å². The van der Waals surface area contributed by atoms with Crippen LogP contribution in [0.3, 0.4) is 0 Å². The van der Waals surface area contributed by atoms with Crippen LogP contribution in [-0.4, -0.2) is 29.7 Å². The Kier molecular flexibility index (Phi) is 6.21. The highest BCUT2D eigenvalue weighted by atomic mass is 16.4. The highest BCUT2D eigenvalue weighted by Gasteiger charge is 2.27. The maximum absolute atomic E-state index is 12.4. The largest absolute Gasteiger partial charge is 0.480 e. The fourth-order valence-electron chi connectivity index (χ4n) is 2.18. The number of carboxylic acids is 1. The Morgan fingerprint density at radius 2 is 1.90 bits per heavy atom. The van der Waals surface area contributed by atoms with Crippen molar-refractivity contribution in [3.8, 4) is 0 Å². The number of aryl methyl sites for hydroxylation is 1. The summed E-state index contributed by atoms with van der Waals surface area (Å²) < 4.78 is 0. The van der Waals surface area contributed by atoms with Gasteiger partial charge in [0.15, 0.2) is 0 Å². The number of rotatable bonds is 6. The molecule has 0 heterocycles. The van der Waals surface area contributed by atoms with E-state index < -0.39 is 12.0 Å². The number of anilines is 1. The van der Waals surface area contributed by atoms with E-state index in [2.05, 4.69) is 5.32 Å². The van der Waals surface area contributed by atoms with Gasteiger partial charge in [-0.3, -0.25) is 4.90 Å². The third-order valence-electron chi connectivity index (χ3n) is 3.73. The number of aliphatic carboxylic acids is 1. The van der Waals surface area contributed by atoms with Crippen LogP contribution in [0.15, 0.2) is 24.3 Å². The Morgan fingerprint density at radius 3 is 2.38 bits per heavy atom. The van der Waals surface area contributed by atoms with E-state index in [1.54, 1.807) is 4.90 Å². The van der Waals surface area contributed by atoms with E-state index in [9.17, 15) is 14.7 Å². The minimum Gasteiger partial charge on any atom is -0.480 e. The van der Waals surface area contributed by atoms with Crippen molar-refractivity contribution < 1.29 is 14.7 Å². The third kappa shape index (κ3) is 4.21. The Morgan fingerprint density at radius 1 is 1.29 bits per heavy atom. The summed E-state index contributed by atoms with van der Waals surface area (Å²) >= 11 is 0. The second-order valence-electron chi connectivity index (χ2n) is 5.18. The zero-order valence-electron chi connectivity index (χ0n) is 13.1. The van der Waals surface area contributed by atoms with Crippen molar-refractivity contribution in [3.63, 3.8) is 0 Å². The van der Waals surface area contributed by atoms with Crippen LogP contribution in [0.2, 0.25) is 0 Å². The second-order valence-corrected chi connectivity index (χ2v) is 5.18. The van der Waals surface area contributed by atoms with Gasteiger partial charge in [0.1, 0.15) is 6.04 Å². The van der Waals surface area contributed by atoms with Crippen LogP contribution < -0.4 is 10.2 Å². The highest BCUT2D eigenvalue weighted by molar-refractivity contribution is 5.95. The maximum atomic E-state index is 12.4. The van der Waals surface area contributed by atoms with Gasteiger partial charge >= 0.3 is 12.0 Å². The molecule has 0 aliphatic rings. The third-order valence-corrected chi connectivity index (χ3v) is 3.73. The summed E-state index contributed by atoms with van der Waals surface area (Å²) in [5.41, 5.74) is 1.77. The molecule has 0 saturated heterocycles. The molecule has 2 N–H and O–H groups in total. The normalized spacial score (nSPS) is 13.3. The first-order chi connectivity index (χ1) is 9.92. The second kappa shape index (κ2) is 7.67. The molecular weight excluding hydrogens is 268 g/mol. The molecule has 0 aliphatic carbocycles. The molecule has 1 aromatic carbocycles. The van der Waals surface area contributed by atoms with Gasteiger partial charge in [-0.05, 0) is 31.4 Å². The molecule has 0 fully saturated rings. The van der Waals surface area contributed by atoms with Gasteiger partial charge in [-0.2, -0.15) is 0 Å². The van der Waals surface area contributed by atoms with Gasteiger partial charge in [-0.25, -0.2) is 9.59 Å². The molecule has 5 nitrogen and oxygen atoms in total. The number of hydrogen-bond acceptors (Lipinski definition) is 2. The van der Waals surface area contributed by atoms with Crippen LogP contribution in [0.1, 0.15) is 32.8 Å². The van der Waals surface area contributed by atoms with Crippen LogP contribution in [0.25, 0.3) is 0 Å². The first kappa shape index (κ1) is 17.0. The monoisotopic (exact) mass is 292 g/mol. The maximum Gasteiger partial charge on any atom is 0.326 e. The average molecular weight is 292 g/mol. The fourth-order valence-corrected chi connectivity index (χ4v) is 2.18. The van der Waals surface area contributed by atoms with E-state index >= 15 is 0 Å². The molecule has 0 spiro atoms. The highest BCUT2D eigenvalue weighted by Crippen LogP contribution is 2.19. The number of hydrogen-bond donors (Lipinski definition) is 2. The summed E-state index contributed by atoms with van der Waals surface area (Å²) in [5.74, 6) is -1.12. The molecule has 2 atom stereocenters. The molecule has 0 aliphatic heterocycles. The summed E-state index contributed by atoms with van der Waals surface area (Å²) in [6.07, 6.45) is 0.688. The van der Waals surface area contributed by atoms with Gasteiger partial charge in [0.25, 0.3) is 0 Å². The van der Waals surface area contributed by atoms with E-state index in [-0.39, 0.29) is 11.9 Å². The van der Waals surface area contributed by atoms with E-state index in [0.717, 1.165) is 11.3 Å². The van der Waals surface area contributed by atoms with E-state index in [4.69, 9.17) is 0 Å². The standard InChI is InChI=1S/C16H24N2O3/c1-5-11(3)14(15(19)20)17-16(21)18(6-2)13-10-8-7-9-12(13)4/h7-11,14H,5-6H2,1-4H3,(H,17,21)(H,19,20)/t11-,14-/m0/s1. The number of urea groups is 1. The van der Waals surface area contributed by atoms with Crippen LogP contribution >= 0.6 is 0 Å². The molecule has 0 unspecified atom stereocenters. The van der Waals surface area contributed by atoms with Gasteiger partial charge in [-0.1, -0.05) is 38.5 Å². The van der Waals surface area contributed by atoms with E-state index in [1.165, 1.54) is 0 Å². The van der Waals surface area contributed by atoms with Gasteiger partial charge in [0.2, 0.25) is 0 Å². The zero-order valence-corrected chi connectivity index (χ0v) is 13.1. The summed E-state index contributed by atoms with van der Waals surface area (Å²) in [6, 6.07) is 6.30. The van der Waals surface area contributed by atoms with E-state index in [1.807, 2.05) is 52.0 Å². The van der Waals surface area contributed by atoms with Gasteiger partial charge in [-0.15, -0.1) is 0 Å². The first-order valence-corrected chi connectivity index (χ1v) is 7.28. The molecule has 21 heavy (non-hydrogen) atoms. The smallest absolute Gasteiger partial charge is 0.326 e. The average Bonchev–Trinajstić information content (AvgIpc) is 2.46. The molecule has 5 heteroatoms. The van der Waals surface area contributed by atoms with Crippen LogP contribution in [0.4, 0.5) is 10.5 Å². The van der Waals surface area contributed by atoms with Crippen molar-refractivity contribution >= 4 is 17.7 Å². The Hall–Kier alpha value is -2.04. The summed E-state index contributed by atoms with van der Waals surface area (Å²) in [5, 5.41) is 11.9. The fraction of sp³-hybridized carbons (Fsp3) is 0.500.